The van der Waals surface area contributed by atoms with Gasteiger partial charge < -0.3 is 19.3 Å². The second-order valence-corrected chi connectivity index (χ2v) is 7.74. The third kappa shape index (κ3) is 5.52. The van der Waals surface area contributed by atoms with E-state index in [2.05, 4.69) is 0 Å². The van der Waals surface area contributed by atoms with E-state index in [4.69, 9.17) is 21.1 Å². The number of hydrogen-bond acceptors (Lipinski definition) is 5. The van der Waals surface area contributed by atoms with Gasteiger partial charge in [-0.2, -0.15) is 0 Å². The van der Waals surface area contributed by atoms with E-state index in [1.54, 1.807) is 18.1 Å². The summed E-state index contributed by atoms with van der Waals surface area (Å²) >= 11 is 7.60. The molecule has 0 aliphatic carbocycles. The van der Waals surface area contributed by atoms with Gasteiger partial charge in [0.05, 0.1) is 21.3 Å². The Morgan fingerprint density at radius 3 is 2.84 bits per heavy atom. The highest BCUT2D eigenvalue weighted by atomic mass is 35.5. The van der Waals surface area contributed by atoms with E-state index < -0.39 is 0 Å². The largest absolute Gasteiger partial charge is 0.496 e. The quantitative estimate of drug-likeness (QED) is 0.719. The number of amides is 1. The van der Waals surface area contributed by atoms with E-state index in [-0.39, 0.29) is 17.1 Å². The lowest BCUT2D eigenvalue weighted by atomic mass is 10.2. The molecule has 25 heavy (non-hydrogen) atoms. The van der Waals surface area contributed by atoms with Gasteiger partial charge in [0.25, 0.3) is 5.91 Å². The summed E-state index contributed by atoms with van der Waals surface area (Å²) in [7, 11) is 4.94. The van der Waals surface area contributed by atoms with E-state index in [0.717, 1.165) is 22.0 Å². The number of nitrogens with one attached hydrogen (secondary N) is 1. The van der Waals surface area contributed by atoms with Crippen molar-refractivity contribution in [3.8, 4) is 5.75 Å². The molecule has 0 saturated carbocycles. The lowest BCUT2D eigenvalue weighted by Gasteiger charge is -2.31. The number of thioether (sulfide) groups is 1. The summed E-state index contributed by atoms with van der Waals surface area (Å²) in [4.78, 5) is 27.0. The maximum Gasteiger partial charge on any atom is 0.320 e. The molecule has 0 bridgehead atoms. The summed E-state index contributed by atoms with van der Waals surface area (Å²) in [5, 5.41) is 0.347. The Morgan fingerprint density at radius 2 is 2.16 bits per heavy atom. The average molecular weight is 388 g/mol. The van der Waals surface area contributed by atoms with Crippen molar-refractivity contribution in [2.24, 2.45) is 0 Å². The third-order valence-corrected chi connectivity index (χ3v) is 5.47. The van der Waals surface area contributed by atoms with Crippen molar-refractivity contribution in [3.05, 3.63) is 28.8 Å². The minimum absolute atomic E-state index is 0.0349. The van der Waals surface area contributed by atoms with Gasteiger partial charge in [-0.3, -0.25) is 9.59 Å². The van der Waals surface area contributed by atoms with Crippen molar-refractivity contribution in [2.75, 3.05) is 46.7 Å². The van der Waals surface area contributed by atoms with Crippen LogP contribution in [0.15, 0.2) is 18.2 Å². The predicted molar refractivity (Wildman–Crippen MR) is 98.3 cm³/mol. The highest BCUT2D eigenvalue weighted by Crippen LogP contribution is 2.22. The molecular weight excluding hydrogens is 364 g/mol. The van der Waals surface area contributed by atoms with Crippen LogP contribution in [0.1, 0.15) is 5.56 Å². The average Bonchev–Trinajstić information content (AvgIpc) is 2.61. The van der Waals surface area contributed by atoms with E-state index in [0.29, 0.717) is 31.2 Å². The lowest BCUT2D eigenvalue weighted by molar-refractivity contribution is -0.885. The molecule has 1 aromatic rings. The summed E-state index contributed by atoms with van der Waals surface area (Å²) in [5.74, 6) is 1.27. The Morgan fingerprint density at radius 1 is 1.40 bits per heavy atom. The molecule has 1 heterocycles. The molecule has 1 fully saturated rings. The highest BCUT2D eigenvalue weighted by Gasteiger charge is 2.30. The van der Waals surface area contributed by atoms with Crippen LogP contribution in [0.4, 0.5) is 0 Å². The third-order valence-electron chi connectivity index (χ3n) is 4.07. The number of carbonyl (C=O) groups excluding carboxylic acids is 2. The Balaban J connectivity index is 1.94. The minimum Gasteiger partial charge on any atom is -0.496 e. The van der Waals surface area contributed by atoms with Crippen LogP contribution in [0.3, 0.4) is 0 Å². The summed E-state index contributed by atoms with van der Waals surface area (Å²) < 4.78 is 10.1. The lowest BCUT2D eigenvalue weighted by Crippen LogP contribution is -3.09. The number of likely N-dealkylation sites (N-methyl/N-ethyl adjacent to an activating group) is 1. The predicted octanol–water partition coefficient (Wildman–Crippen LogP) is 0.480. The van der Waals surface area contributed by atoms with Crippen LogP contribution in [-0.4, -0.2) is 68.7 Å². The first-order valence-corrected chi connectivity index (χ1v) is 9.48. The van der Waals surface area contributed by atoms with E-state index in [1.807, 2.05) is 19.2 Å². The molecule has 1 N–H and O–H groups in total. The molecule has 1 amide bonds. The maximum absolute atomic E-state index is 12.6. The molecule has 1 saturated heterocycles. The van der Waals surface area contributed by atoms with E-state index in [1.165, 1.54) is 18.9 Å². The van der Waals surface area contributed by atoms with Crippen LogP contribution in [-0.2, 0) is 20.9 Å². The number of benzene rings is 1. The molecule has 1 unspecified atom stereocenters. The number of hydrogen-bond donors (Lipinski definition) is 1. The van der Waals surface area contributed by atoms with E-state index >= 15 is 0 Å². The molecule has 2 rings (SSSR count). The minimum atomic E-state index is -0.295. The summed E-state index contributed by atoms with van der Waals surface area (Å²) in [6.45, 7) is 2.03. The summed E-state index contributed by atoms with van der Waals surface area (Å²) in [6.07, 6.45) is 0. The Hall–Kier alpha value is -1.44. The number of esters is 1. The zero-order chi connectivity index (χ0) is 18.4. The molecule has 0 aromatic heterocycles. The van der Waals surface area contributed by atoms with E-state index in [9.17, 15) is 9.59 Å². The van der Waals surface area contributed by atoms with Crippen molar-refractivity contribution < 1.29 is 24.0 Å². The van der Waals surface area contributed by atoms with Gasteiger partial charge in [0.2, 0.25) is 0 Å². The van der Waals surface area contributed by atoms with Crippen molar-refractivity contribution >= 4 is 35.2 Å². The zero-order valence-corrected chi connectivity index (χ0v) is 16.3. The number of halogens is 1. The number of carbonyl (C=O) groups is 2. The molecule has 6 nitrogen and oxygen atoms in total. The summed E-state index contributed by atoms with van der Waals surface area (Å²) in [6, 6.07) is 5.47. The van der Waals surface area contributed by atoms with Crippen molar-refractivity contribution in [1.82, 2.24) is 4.90 Å². The molecule has 1 aromatic carbocycles. The van der Waals surface area contributed by atoms with Gasteiger partial charge in [-0.25, -0.2) is 0 Å². The van der Waals surface area contributed by atoms with Gasteiger partial charge in [-0.15, -0.1) is 11.8 Å². The summed E-state index contributed by atoms with van der Waals surface area (Å²) in [5.41, 5.74) is 0.960. The number of methoxy groups -OCH3 is 2. The first-order valence-electron chi connectivity index (χ1n) is 8.05. The van der Waals surface area contributed by atoms with Crippen molar-refractivity contribution in [1.29, 1.82) is 0 Å². The van der Waals surface area contributed by atoms with Crippen LogP contribution in [0.5, 0.6) is 5.75 Å². The van der Waals surface area contributed by atoms with Crippen molar-refractivity contribution in [2.45, 2.75) is 11.8 Å². The van der Waals surface area contributed by atoms with Gasteiger partial charge in [0.1, 0.15) is 17.5 Å². The molecule has 8 heteroatoms. The molecular formula is C17H24ClN2O4S+. The van der Waals surface area contributed by atoms with Crippen LogP contribution < -0.4 is 9.64 Å². The van der Waals surface area contributed by atoms with Gasteiger partial charge in [-0.05, 0) is 18.2 Å². The number of nitrogens with zero attached hydrogens (tertiary/aromatic N) is 1. The normalized spacial score (nSPS) is 18.6. The smallest absolute Gasteiger partial charge is 0.320 e. The first kappa shape index (κ1) is 19.9. The zero-order valence-electron chi connectivity index (χ0n) is 14.7. The van der Waals surface area contributed by atoms with Crippen molar-refractivity contribution in [3.63, 3.8) is 0 Å². The van der Waals surface area contributed by atoms with Crippen LogP contribution in [0.25, 0.3) is 0 Å². The number of rotatable bonds is 6. The molecule has 2 atom stereocenters. The Labute approximate surface area is 157 Å². The van der Waals surface area contributed by atoms with Crippen LogP contribution in [0, 0.1) is 0 Å². The Kier molecular flexibility index (Phi) is 7.40. The second kappa shape index (κ2) is 9.31. The highest BCUT2D eigenvalue weighted by molar-refractivity contribution is 8.00. The molecule has 0 spiro atoms. The maximum atomic E-state index is 12.6. The van der Waals surface area contributed by atoms with Gasteiger partial charge in [-0.1, -0.05) is 11.6 Å². The molecule has 1 aliphatic rings. The monoisotopic (exact) mass is 387 g/mol. The van der Waals surface area contributed by atoms with Gasteiger partial charge in [0.15, 0.2) is 6.54 Å². The molecule has 1 aliphatic heterocycles. The fourth-order valence-corrected chi connectivity index (χ4v) is 4.12. The van der Waals surface area contributed by atoms with Gasteiger partial charge in [0, 0.05) is 29.4 Å². The SMILES string of the molecule is COC(=O)[C@@H]1CN(C(=O)C[NH+](C)Cc2cc(Cl)ccc2OC)CCS1. The van der Waals surface area contributed by atoms with Crippen LogP contribution >= 0.6 is 23.4 Å². The fraction of sp³-hybridized carbons (Fsp3) is 0.529. The topological polar surface area (TPSA) is 60.3 Å². The number of quaternary nitrogens is 1. The molecule has 138 valence electrons. The standard InChI is InChI=1S/C17H23ClN2O4S/c1-19(9-12-8-13(18)4-5-14(12)23-2)11-16(21)20-6-7-25-15(10-20)17(22)24-3/h4-5,8,15H,6-7,9-11H2,1-3H3/p+1/t15-/m0/s1. The van der Waals surface area contributed by atoms with Crippen LogP contribution in [0.2, 0.25) is 5.02 Å². The number of ether oxygens (including phenoxy) is 2. The fourth-order valence-electron chi connectivity index (χ4n) is 2.79. The first-order chi connectivity index (χ1) is 11.9. The van der Waals surface area contributed by atoms with Gasteiger partial charge >= 0.3 is 5.97 Å². The second-order valence-electron chi connectivity index (χ2n) is 5.99. The molecule has 0 radical (unpaired) electrons. The Bertz CT molecular complexity index is 629.